The Hall–Kier alpha value is -3.72. The summed E-state index contributed by atoms with van der Waals surface area (Å²) in [6, 6.07) is 17.9. The van der Waals surface area contributed by atoms with Gasteiger partial charge in [-0.05, 0) is 49.4 Å². The van der Waals surface area contributed by atoms with E-state index in [9.17, 15) is 9.59 Å². The number of anilines is 1. The number of ether oxygens (including phenoxy) is 1. The molecule has 0 spiro atoms. The number of hydrogen-bond acceptors (Lipinski definition) is 6. The summed E-state index contributed by atoms with van der Waals surface area (Å²) in [6.07, 6.45) is 2.45. The third-order valence-electron chi connectivity index (χ3n) is 6.38. The van der Waals surface area contributed by atoms with Crippen LogP contribution in [0, 0.1) is 6.92 Å². The number of piperidine rings is 1. The molecule has 0 saturated carbocycles. The smallest absolute Gasteiger partial charge is 0.414 e. The summed E-state index contributed by atoms with van der Waals surface area (Å²) in [6.45, 7) is 6.42. The summed E-state index contributed by atoms with van der Waals surface area (Å²) < 4.78 is 5.22. The minimum absolute atomic E-state index is 0.0556. The van der Waals surface area contributed by atoms with Gasteiger partial charge < -0.3 is 19.8 Å². The Balaban J connectivity index is 0.000000678. The highest BCUT2D eigenvalue weighted by Crippen LogP contribution is 2.35. The minimum Gasteiger partial charge on any atom is -0.473 e. The van der Waals surface area contributed by atoms with Gasteiger partial charge in [0.2, 0.25) is 5.91 Å². The van der Waals surface area contributed by atoms with Crippen LogP contribution in [0.15, 0.2) is 54.6 Å². The lowest BCUT2D eigenvalue weighted by Gasteiger charge is -2.46. The van der Waals surface area contributed by atoms with E-state index in [4.69, 9.17) is 24.5 Å². The molecule has 2 aromatic carbocycles. The van der Waals surface area contributed by atoms with Crippen LogP contribution in [0.5, 0.6) is 0 Å². The number of rotatable bonds is 7. The maximum atomic E-state index is 13.0. The molecule has 1 aliphatic rings. The molecule has 3 rings (SSSR count). The van der Waals surface area contributed by atoms with Crippen molar-refractivity contribution in [3.63, 3.8) is 0 Å². The van der Waals surface area contributed by atoms with Crippen molar-refractivity contribution in [1.29, 1.82) is 0 Å². The summed E-state index contributed by atoms with van der Waals surface area (Å²) in [5, 5.41) is 14.8. The predicted molar refractivity (Wildman–Crippen MR) is 135 cm³/mol. The average Bonchev–Trinajstić information content (AvgIpc) is 2.89. The highest BCUT2D eigenvalue weighted by atomic mass is 16.5. The van der Waals surface area contributed by atoms with Gasteiger partial charge in [0.15, 0.2) is 0 Å². The lowest BCUT2D eigenvalue weighted by atomic mass is 9.84. The molecule has 0 atom stereocenters. The molecular formula is C27H34N2O7. The Labute approximate surface area is 211 Å². The number of hydrogen-bond donors (Lipinski definition) is 2. The molecule has 1 saturated heterocycles. The molecule has 0 aromatic heterocycles. The van der Waals surface area contributed by atoms with Crippen molar-refractivity contribution in [3.8, 4) is 0 Å². The van der Waals surface area contributed by atoms with Crippen LogP contribution in [-0.2, 0) is 30.3 Å². The lowest BCUT2D eigenvalue weighted by Crippen LogP contribution is -2.62. The van der Waals surface area contributed by atoms with Crippen molar-refractivity contribution in [1.82, 2.24) is 4.90 Å². The highest BCUT2D eigenvalue weighted by Gasteiger charge is 2.49. The van der Waals surface area contributed by atoms with Crippen molar-refractivity contribution in [2.24, 2.45) is 0 Å². The topological polar surface area (TPSA) is 124 Å². The van der Waals surface area contributed by atoms with Crippen LogP contribution in [0.25, 0.3) is 0 Å². The van der Waals surface area contributed by atoms with Crippen molar-refractivity contribution in [2.75, 3.05) is 31.6 Å². The van der Waals surface area contributed by atoms with Gasteiger partial charge in [-0.2, -0.15) is 0 Å². The van der Waals surface area contributed by atoms with E-state index in [1.54, 1.807) is 4.90 Å². The molecule has 2 aromatic rings. The molecule has 36 heavy (non-hydrogen) atoms. The molecule has 1 amide bonds. The highest BCUT2D eigenvalue weighted by molar-refractivity contribution is 6.27. The number of aliphatic carboxylic acids is 2. The fourth-order valence-corrected chi connectivity index (χ4v) is 4.39. The van der Waals surface area contributed by atoms with Gasteiger partial charge in [-0.25, -0.2) is 14.4 Å². The maximum Gasteiger partial charge on any atom is 0.414 e. The molecule has 0 bridgehead atoms. The summed E-state index contributed by atoms with van der Waals surface area (Å²) in [5.74, 6) is -4.03. The zero-order valence-corrected chi connectivity index (χ0v) is 21.0. The first-order valence-electron chi connectivity index (χ1n) is 11.9. The largest absolute Gasteiger partial charge is 0.473 e. The number of likely N-dealkylation sites (tertiary alicyclic amines) is 1. The van der Waals surface area contributed by atoms with Gasteiger partial charge in [0.1, 0.15) is 5.54 Å². The quantitative estimate of drug-likeness (QED) is 0.441. The van der Waals surface area contributed by atoms with E-state index < -0.39 is 17.5 Å². The maximum absolute atomic E-state index is 13.0. The Morgan fingerprint density at radius 2 is 1.50 bits per heavy atom. The van der Waals surface area contributed by atoms with Crippen molar-refractivity contribution in [3.05, 3.63) is 65.7 Å². The number of nitrogens with zero attached hydrogens (tertiary/aromatic N) is 2. The SMILES string of the molecule is CCC(=O)N(c1ccccc1)C1(C(=O)OC)CCN(CCc2ccccc2C)CC1.O=C(O)C(=O)O. The van der Waals surface area contributed by atoms with Crippen molar-refractivity contribution < 1.29 is 34.1 Å². The summed E-state index contributed by atoms with van der Waals surface area (Å²) in [7, 11) is 1.41. The molecule has 9 nitrogen and oxygen atoms in total. The van der Waals surface area contributed by atoms with Crippen LogP contribution in [0.1, 0.15) is 37.3 Å². The van der Waals surface area contributed by atoms with Crippen molar-refractivity contribution in [2.45, 2.75) is 45.1 Å². The van der Waals surface area contributed by atoms with Crippen molar-refractivity contribution >= 4 is 29.5 Å². The number of benzene rings is 2. The van der Waals surface area contributed by atoms with Crippen LogP contribution in [0.2, 0.25) is 0 Å². The van der Waals surface area contributed by atoms with Gasteiger partial charge in [0.05, 0.1) is 7.11 Å². The third kappa shape index (κ3) is 7.14. The first-order valence-corrected chi connectivity index (χ1v) is 11.9. The van der Waals surface area contributed by atoms with E-state index in [2.05, 4.69) is 36.1 Å². The van der Waals surface area contributed by atoms with E-state index in [1.165, 1.54) is 18.2 Å². The molecule has 194 valence electrons. The molecule has 0 unspecified atom stereocenters. The third-order valence-corrected chi connectivity index (χ3v) is 6.38. The average molecular weight is 499 g/mol. The van der Waals surface area contributed by atoms with Gasteiger partial charge >= 0.3 is 17.9 Å². The standard InChI is InChI=1S/C25H32N2O3.C2H2O4/c1-4-23(28)27(22-12-6-5-7-13-22)25(24(29)30-3)15-18-26(19-16-25)17-14-21-11-9-8-10-20(21)2;3-1(4)2(5)6/h5-13H,4,14-19H2,1-3H3;(H,3,4)(H,5,6). The monoisotopic (exact) mass is 498 g/mol. The fraction of sp³-hybridized carbons (Fsp3) is 0.407. The van der Waals surface area contributed by atoms with E-state index in [1.807, 2.05) is 37.3 Å². The van der Waals surface area contributed by atoms with Crippen LogP contribution >= 0.6 is 0 Å². The number of carbonyl (C=O) groups excluding carboxylic acids is 2. The van der Waals surface area contributed by atoms with Gasteiger partial charge in [-0.15, -0.1) is 0 Å². The van der Waals surface area contributed by atoms with Crippen LogP contribution in [0.3, 0.4) is 0 Å². The molecule has 1 aliphatic heterocycles. The second-order valence-corrected chi connectivity index (χ2v) is 8.57. The second kappa shape index (κ2) is 13.4. The van der Waals surface area contributed by atoms with Gasteiger partial charge in [0, 0.05) is 31.7 Å². The number of esters is 1. The Morgan fingerprint density at radius 3 is 2.00 bits per heavy atom. The summed E-state index contributed by atoms with van der Waals surface area (Å²) >= 11 is 0. The van der Waals surface area contributed by atoms with E-state index >= 15 is 0 Å². The molecule has 0 radical (unpaired) electrons. The van der Waals surface area contributed by atoms with Crippen LogP contribution in [0.4, 0.5) is 5.69 Å². The number of methoxy groups -OCH3 is 1. The van der Waals surface area contributed by atoms with Gasteiger partial charge in [-0.3, -0.25) is 9.69 Å². The zero-order valence-electron chi connectivity index (χ0n) is 21.0. The molecular weight excluding hydrogens is 464 g/mol. The molecule has 1 heterocycles. The number of amides is 1. The Kier molecular flexibility index (Phi) is 10.6. The first kappa shape index (κ1) is 28.5. The van der Waals surface area contributed by atoms with E-state index in [-0.39, 0.29) is 11.9 Å². The summed E-state index contributed by atoms with van der Waals surface area (Å²) in [5.41, 5.74) is 2.46. The number of para-hydroxylation sites is 1. The first-order chi connectivity index (χ1) is 17.2. The number of carbonyl (C=O) groups is 4. The predicted octanol–water partition coefficient (Wildman–Crippen LogP) is 3.14. The van der Waals surface area contributed by atoms with Crippen LogP contribution < -0.4 is 4.90 Å². The Morgan fingerprint density at radius 1 is 0.944 bits per heavy atom. The molecule has 2 N–H and O–H groups in total. The number of aryl methyl sites for hydroxylation is 1. The van der Waals surface area contributed by atoms with Crippen LogP contribution in [-0.4, -0.2) is 71.2 Å². The Bertz CT molecular complexity index is 1040. The minimum atomic E-state index is -1.82. The fourth-order valence-electron chi connectivity index (χ4n) is 4.39. The number of carboxylic acid groups (broad SMARTS) is 2. The van der Waals surface area contributed by atoms with E-state index in [0.717, 1.165) is 31.7 Å². The molecule has 9 heteroatoms. The van der Waals surface area contributed by atoms with Gasteiger partial charge in [-0.1, -0.05) is 49.4 Å². The van der Waals surface area contributed by atoms with Gasteiger partial charge in [0.25, 0.3) is 0 Å². The molecule has 0 aliphatic carbocycles. The zero-order chi connectivity index (χ0) is 26.7. The second-order valence-electron chi connectivity index (χ2n) is 8.57. The summed E-state index contributed by atoms with van der Waals surface area (Å²) in [4.78, 5) is 48.3. The molecule has 1 fully saturated rings. The lowest BCUT2D eigenvalue weighted by molar-refractivity contribution is -0.159. The van der Waals surface area contributed by atoms with E-state index in [0.29, 0.717) is 19.3 Å². The normalized spacial score (nSPS) is 14.6. The number of carboxylic acids is 2.